The average Bonchev–Trinajstić information content (AvgIpc) is 3.29. The van der Waals surface area contributed by atoms with E-state index in [1.54, 1.807) is 23.3 Å². The lowest BCUT2D eigenvalue weighted by atomic mass is 10.1. The van der Waals surface area contributed by atoms with Gasteiger partial charge in [0.05, 0.1) is 12.7 Å². The molecule has 0 unspecified atom stereocenters. The molecule has 1 aromatic carbocycles. The van der Waals surface area contributed by atoms with Crippen LogP contribution in [0.3, 0.4) is 0 Å². The summed E-state index contributed by atoms with van der Waals surface area (Å²) in [5.74, 6) is 0.0394. The molecular weight excluding hydrogens is 340 g/mol. The number of carbonyl (C=O) groups excluding carboxylic acids is 2. The van der Waals surface area contributed by atoms with Gasteiger partial charge in [-0.25, -0.2) is 4.98 Å². The number of para-hydroxylation sites is 1. The molecule has 142 valence electrons. The van der Waals surface area contributed by atoms with Gasteiger partial charge in [0.2, 0.25) is 5.91 Å². The Labute approximate surface area is 159 Å². The summed E-state index contributed by atoms with van der Waals surface area (Å²) in [7, 11) is 0. The van der Waals surface area contributed by atoms with Gasteiger partial charge in [0, 0.05) is 37.7 Å². The number of fused-ring (bicyclic) bond motifs is 1. The molecule has 0 spiro atoms. The Balaban J connectivity index is 1.55. The van der Waals surface area contributed by atoms with Crippen LogP contribution >= 0.6 is 0 Å². The van der Waals surface area contributed by atoms with E-state index in [0.29, 0.717) is 6.54 Å². The van der Waals surface area contributed by atoms with E-state index in [1.807, 2.05) is 28.0 Å². The molecule has 0 radical (unpaired) electrons. The maximum atomic E-state index is 13.4. The molecule has 1 atom stereocenters. The van der Waals surface area contributed by atoms with E-state index in [9.17, 15) is 9.59 Å². The monoisotopic (exact) mass is 366 g/mol. The molecule has 2 aliphatic rings. The number of imidazole rings is 1. The van der Waals surface area contributed by atoms with Gasteiger partial charge in [-0.3, -0.25) is 9.59 Å². The highest BCUT2D eigenvalue weighted by Crippen LogP contribution is 2.30. The fourth-order valence-corrected chi connectivity index (χ4v) is 4.14. The molecule has 1 fully saturated rings. The summed E-state index contributed by atoms with van der Waals surface area (Å²) in [4.78, 5) is 34.2. The molecule has 27 heavy (non-hydrogen) atoms. The highest BCUT2D eigenvalue weighted by molar-refractivity contribution is 6.00. The van der Waals surface area contributed by atoms with Gasteiger partial charge < -0.3 is 14.4 Å². The molecule has 3 heterocycles. The second-order valence-corrected chi connectivity index (χ2v) is 7.39. The number of benzene rings is 1. The Morgan fingerprint density at radius 1 is 1.04 bits per heavy atom. The van der Waals surface area contributed by atoms with Gasteiger partial charge in [-0.15, -0.1) is 0 Å². The normalized spacial score (nSPS) is 18.1. The van der Waals surface area contributed by atoms with E-state index < -0.39 is 6.04 Å². The number of amides is 2. The Hall–Kier alpha value is -2.63. The minimum atomic E-state index is -0.547. The van der Waals surface area contributed by atoms with E-state index in [2.05, 4.69) is 11.1 Å². The summed E-state index contributed by atoms with van der Waals surface area (Å²) < 4.78 is 1.78. The van der Waals surface area contributed by atoms with E-state index >= 15 is 0 Å². The van der Waals surface area contributed by atoms with Crippen molar-refractivity contribution < 1.29 is 9.59 Å². The van der Waals surface area contributed by atoms with Crippen LogP contribution < -0.4 is 4.90 Å². The third kappa shape index (κ3) is 3.75. The van der Waals surface area contributed by atoms with Crippen molar-refractivity contribution in [2.75, 3.05) is 24.5 Å². The van der Waals surface area contributed by atoms with Gasteiger partial charge in [0.1, 0.15) is 6.04 Å². The van der Waals surface area contributed by atoms with Crippen LogP contribution in [0, 0.1) is 0 Å². The predicted octanol–water partition coefficient (Wildman–Crippen LogP) is 2.81. The van der Waals surface area contributed by atoms with E-state index in [4.69, 9.17) is 0 Å². The first-order chi connectivity index (χ1) is 13.2. The van der Waals surface area contributed by atoms with E-state index in [1.165, 1.54) is 18.4 Å². The van der Waals surface area contributed by atoms with Gasteiger partial charge in [-0.1, -0.05) is 31.0 Å². The second-order valence-electron chi connectivity index (χ2n) is 7.39. The number of nitrogens with zero attached hydrogens (tertiary/aromatic N) is 4. The topological polar surface area (TPSA) is 58.4 Å². The quantitative estimate of drug-likeness (QED) is 0.836. The fraction of sp³-hybridized carbons (Fsp3) is 0.476. The molecule has 0 saturated carbocycles. The van der Waals surface area contributed by atoms with Crippen molar-refractivity contribution in [1.82, 2.24) is 14.5 Å². The molecule has 2 aliphatic heterocycles. The predicted molar refractivity (Wildman–Crippen MR) is 103 cm³/mol. The van der Waals surface area contributed by atoms with Crippen LogP contribution in [0.4, 0.5) is 5.69 Å². The van der Waals surface area contributed by atoms with Crippen LogP contribution in [0.2, 0.25) is 0 Å². The Kier molecular flexibility index (Phi) is 5.23. The number of aromatic nitrogens is 2. The zero-order chi connectivity index (χ0) is 18.6. The number of carbonyl (C=O) groups is 2. The number of rotatable bonds is 4. The summed E-state index contributed by atoms with van der Waals surface area (Å²) in [6, 6.07) is 7.47. The van der Waals surface area contributed by atoms with E-state index in [0.717, 1.165) is 38.0 Å². The Bertz CT molecular complexity index is 794. The van der Waals surface area contributed by atoms with Gasteiger partial charge in [0.25, 0.3) is 5.91 Å². The maximum Gasteiger partial charge on any atom is 0.250 e. The van der Waals surface area contributed by atoms with Crippen molar-refractivity contribution in [3.05, 3.63) is 48.5 Å². The highest BCUT2D eigenvalue weighted by atomic mass is 16.2. The van der Waals surface area contributed by atoms with Crippen LogP contribution in [0.1, 0.15) is 43.7 Å². The first-order valence-electron chi connectivity index (χ1n) is 9.88. The van der Waals surface area contributed by atoms with Crippen LogP contribution in [-0.4, -0.2) is 45.9 Å². The van der Waals surface area contributed by atoms with Gasteiger partial charge >= 0.3 is 0 Å². The zero-order valence-corrected chi connectivity index (χ0v) is 15.6. The SMILES string of the molecule is O=C(C[C@H](C(=O)N1CCc2ccccc21)n1ccnc1)N1CCCCCC1. The lowest BCUT2D eigenvalue weighted by Crippen LogP contribution is -2.40. The fourth-order valence-electron chi connectivity index (χ4n) is 4.14. The van der Waals surface area contributed by atoms with Gasteiger partial charge in [-0.2, -0.15) is 0 Å². The molecule has 1 saturated heterocycles. The van der Waals surface area contributed by atoms with Crippen LogP contribution in [0.5, 0.6) is 0 Å². The largest absolute Gasteiger partial charge is 0.343 e. The third-order valence-corrected chi connectivity index (χ3v) is 5.65. The average molecular weight is 366 g/mol. The number of hydrogen-bond acceptors (Lipinski definition) is 3. The van der Waals surface area contributed by atoms with Crippen molar-refractivity contribution in [3.63, 3.8) is 0 Å². The summed E-state index contributed by atoms with van der Waals surface area (Å²) in [6.07, 6.45) is 10.6. The molecule has 6 heteroatoms. The molecule has 2 aromatic rings. The smallest absolute Gasteiger partial charge is 0.250 e. The number of likely N-dealkylation sites (tertiary alicyclic amines) is 1. The first-order valence-corrected chi connectivity index (χ1v) is 9.88. The lowest BCUT2D eigenvalue weighted by molar-refractivity contribution is -0.135. The van der Waals surface area contributed by atoms with Crippen molar-refractivity contribution in [1.29, 1.82) is 0 Å². The Morgan fingerprint density at radius 2 is 1.81 bits per heavy atom. The summed E-state index contributed by atoms with van der Waals surface area (Å²) in [6.45, 7) is 2.27. The van der Waals surface area contributed by atoms with Crippen LogP contribution in [0.25, 0.3) is 0 Å². The number of anilines is 1. The molecule has 0 aliphatic carbocycles. The highest BCUT2D eigenvalue weighted by Gasteiger charge is 2.33. The molecule has 0 N–H and O–H groups in total. The standard InChI is InChI=1S/C21H26N4O2/c26-20(23-11-5-1-2-6-12-23)15-19(24-14-10-22-16-24)21(27)25-13-9-17-7-3-4-8-18(17)25/h3-4,7-8,10,14,16,19H,1-2,5-6,9,11-13,15H2/t19-/m1/s1. The second kappa shape index (κ2) is 7.94. The Morgan fingerprint density at radius 3 is 2.56 bits per heavy atom. The molecular formula is C21H26N4O2. The third-order valence-electron chi connectivity index (χ3n) is 5.65. The van der Waals surface area contributed by atoms with Crippen LogP contribution in [0.15, 0.2) is 43.0 Å². The minimum absolute atomic E-state index is 0.0267. The summed E-state index contributed by atoms with van der Waals surface area (Å²) >= 11 is 0. The lowest BCUT2D eigenvalue weighted by Gasteiger charge is -2.27. The van der Waals surface area contributed by atoms with E-state index in [-0.39, 0.29) is 18.2 Å². The molecule has 6 nitrogen and oxygen atoms in total. The maximum absolute atomic E-state index is 13.4. The summed E-state index contributed by atoms with van der Waals surface area (Å²) in [5, 5.41) is 0. The first kappa shape index (κ1) is 17.8. The number of hydrogen-bond donors (Lipinski definition) is 0. The van der Waals surface area contributed by atoms with Crippen molar-refractivity contribution in [2.45, 2.75) is 44.6 Å². The summed E-state index contributed by atoms with van der Waals surface area (Å²) in [5.41, 5.74) is 2.16. The zero-order valence-electron chi connectivity index (χ0n) is 15.6. The van der Waals surface area contributed by atoms with Crippen molar-refractivity contribution in [2.24, 2.45) is 0 Å². The molecule has 4 rings (SSSR count). The molecule has 0 bridgehead atoms. The molecule has 1 aromatic heterocycles. The molecule has 2 amide bonds. The minimum Gasteiger partial charge on any atom is -0.343 e. The van der Waals surface area contributed by atoms with Crippen LogP contribution in [-0.2, 0) is 16.0 Å². The van der Waals surface area contributed by atoms with Gasteiger partial charge in [0.15, 0.2) is 0 Å². The van der Waals surface area contributed by atoms with Crippen molar-refractivity contribution >= 4 is 17.5 Å². The van der Waals surface area contributed by atoms with Crippen molar-refractivity contribution in [3.8, 4) is 0 Å². The van der Waals surface area contributed by atoms with Gasteiger partial charge in [-0.05, 0) is 30.9 Å².